The molecular weight excluding hydrogens is 150 g/mol. The molecule has 0 aromatic heterocycles. The minimum atomic E-state index is -0.218. The van der Waals surface area contributed by atoms with E-state index in [1.807, 2.05) is 6.92 Å². The van der Waals surface area contributed by atoms with Gasteiger partial charge in [0.05, 0.1) is 6.07 Å². The minimum Gasteiger partial charge on any atom is -0.303 e. The third kappa shape index (κ3) is 3.04. The summed E-state index contributed by atoms with van der Waals surface area (Å²) >= 11 is 0. The van der Waals surface area contributed by atoms with Crippen molar-refractivity contribution in [2.75, 3.05) is 0 Å². The summed E-state index contributed by atoms with van der Waals surface area (Å²) in [5.74, 6) is 0. The number of aldehydes is 1. The summed E-state index contributed by atoms with van der Waals surface area (Å²) in [5.41, 5.74) is -0.218. The van der Waals surface area contributed by atoms with Crippen LogP contribution >= 0.6 is 0 Å². The second kappa shape index (κ2) is 5.77. The van der Waals surface area contributed by atoms with E-state index in [0.717, 1.165) is 32.0 Å². The maximum atomic E-state index is 10.8. The van der Waals surface area contributed by atoms with E-state index in [4.69, 9.17) is 5.26 Å². The van der Waals surface area contributed by atoms with Crippen molar-refractivity contribution < 1.29 is 4.79 Å². The van der Waals surface area contributed by atoms with Gasteiger partial charge in [-0.3, -0.25) is 0 Å². The molecule has 0 saturated carbocycles. The van der Waals surface area contributed by atoms with Crippen LogP contribution in [0.2, 0.25) is 0 Å². The summed E-state index contributed by atoms with van der Waals surface area (Å²) in [6.45, 7) is 4.09. The lowest BCUT2D eigenvalue weighted by Crippen LogP contribution is -2.21. The molecule has 0 spiro atoms. The average molecular weight is 167 g/mol. The molecule has 0 aliphatic carbocycles. The normalized spacial score (nSPS) is 14.8. The number of nitrogens with zero attached hydrogens (tertiary/aromatic N) is 1. The maximum Gasteiger partial charge on any atom is 0.126 e. The Kier molecular flexibility index (Phi) is 5.36. The first kappa shape index (κ1) is 11.2. The first-order valence-electron chi connectivity index (χ1n) is 4.58. The molecule has 0 saturated heterocycles. The van der Waals surface area contributed by atoms with Crippen molar-refractivity contribution in [2.45, 2.75) is 46.0 Å². The van der Waals surface area contributed by atoms with Gasteiger partial charge < -0.3 is 4.79 Å². The Morgan fingerprint density at radius 2 is 2.08 bits per heavy atom. The zero-order valence-corrected chi connectivity index (χ0v) is 7.97. The highest BCUT2D eigenvalue weighted by atomic mass is 16.1. The molecule has 0 aromatic rings. The molecule has 0 bridgehead atoms. The van der Waals surface area contributed by atoms with Crippen molar-refractivity contribution >= 4 is 6.29 Å². The molecule has 0 fully saturated rings. The van der Waals surface area contributed by atoms with Crippen LogP contribution in [0.3, 0.4) is 0 Å². The van der Waals surface area contributed by atoms with E-state index in [-0.39, 0.29) is 5.41 Å². The van der Waals surface area contributed by atoms with Crippen LogP contribution in [-0.4, -0.2) is 6.29 Å². The molecule has 2 nitrogen and oxygen atoms in total. The lowest BCUT2D eigenvalue weighted by molar-refractivity contribution is -0.117. The highest BCUT2D eigenvalue weighted by molar-refractivity contribution is 5.59. The highest BCUT2D eigenvalue weighted by Gasteiger charge is 2.25. The van der Waals surface area contributed by atoms with Crippen molar-refractivity contribution in [1.82, 2.24) is 0 Å². The second-order valence-corrected chi connectivity index (χ2v) is 3.24. The van der Waals surface area contributed by atoms with Gasteiger partial charge >= 0.3 is 0 Å². The van der Waals surface area contributed by atoms with Crippen LogP contribution in [0.5, 0.6) is 0 Å². The quantitative estimate of drug-likeness (QED) is 0.571. The van der Waals surface area contributed by atoms with Crippen LogP contribution in [0.4, 0.5) is 0 Å². The first-order valence-corrected chi connectivity index (χ1v) is 4.58. The lowest BCUT2D eigenvalue weighted by atomic mass is 9.78. The van der Waals surface area contributed by atoms with Gasteiger partial charge in [0.15, 0.2) is 0 Å². The predicted octanol–water partition coefficient (Wildman–Crippen LogP) is 2.69. The van der Waals surface area contributed by atoms with Gasteiger partial charge in [0.25, 0.3) is 0 Å². The van der Waals surface area contributed by atoms with E-state index in [0.29, 0.717) is 6.42 Å². The van der Waals surface area contributed by atoms with Gasteiger partial charge in [-0.2, -0.15) is 5.26 Å². The van der Waals surface area contributed by atoms with Crippen LogP contribution < -0.4 is 0 Å². The number of hydrogen-bond donors (Lipinski definition) is 0. The van der Waals surface area contributed by atoms with Crippen molar-refractivity contribution in [2.24, 2.45) is 5.41 Å². The van der Waals surface area contributed by atoms with Gasteiger partial charge in [-0.15, -0.1) is 0 Å². The van der Waals surface area contributed by atoms with Crippen LogP contribution in [-0.2, 0) is 4.79 Å². The van der Waals surface area contributed by atoms with Gasteiger partial charge in [0, 0.05) is 11.8 Å². The summed E-state index contributed by atoms with van der Waals surface area (Å²) in [4.78, 5) is 10.8. The van der Waals surface area contributed by atoms with Crippen molar-refractivity contribution in [3.8, 4) is 6.07 Å². The molecular formula is C10H17NO. The number of hydrogen-bond acceptors (Lipinski definition) is 2. The Bertz CT molecular complexity index is 171. The Hall–Kier alpha value is -0.840. The highest BCUT2D eigenvalue weighted by Crippen LogP contribution is 2.30. The molecule has 0 rings (SSSR count). The number of carbonyl (C=O) groups is 1. The van der Waals surface area contributed by atoms with Crippen molar-refractivity contribution in [1.29, 1.82) is 5.26 Å². The Balaban J connectivity index is 4.15. The Morgan fingerprint density at radius 1 is 1.42 bits per heavy atom. The van der Waals surface area contributed by atoms with Gasteiger partial charge in [0.1, 0.15) is 6.29 Å². The molecule has 0 amide bonds. The first-order chi connectivity index (χ1) is 5.74. The molecule has 1 atom stereocenters. The van der Waals surface area contributed by atoms with E-state index in [1.165, 1.54) is 0 Å². The third-order valence-corrected chi connectivity index (χ3v) is 2.44. The van der Waals surface area contributed by atoms with Crippen LogP contribution in [0.15, 0.2) is 0 Å². The molecule has 0 aliphatic heterocycles. The van der Waals surface area contributed by atoms with Crippen LogP contribution in [0.1, 0.15) is 46.0 Å². The fraction of sp³-hybridized carbons (Fsp3) is 0.800. The molecule has 0 aliphatic rings. The van der Waals surface area contributed by atoms with E-state index in [9.17, 15) is 4.79 Å². The van der Waals surface area contributed by atoms with Crippen LogP contribution in [0.25, 0.3) is 0 Å². The molecule has 1 unspecified atom stereocenters. The van der Waals surface area contributed by atoms with E-state index in [1.54, 1.807) is 0 Å². The molecule has 0 N–H and O–H groups in total. The van der Waals surface area contributed by atoms with E-state index < -0.39 is 0 Å². The maximum absolute atomic E-state index is 10.8. The monoisotopic (exact) mass is 167 g/mol. The van der Waals surface area contributed by atoms with Gasteiger partial charge in [-0.1, -0.05) is 20.3 Å². The standard InChI is InChI=1S/C10H17NO/c1-3-6-10(4-2,9-12)7-5-8-11/h9H,3-7H2,1-2H3. The average Bonchev–Trinajstić information content (AvgIpc) is 2.13. The van der Waals surface area contributed by atoms with Crippen molar-refractivity contribution in [3.63, 3.8) is 0 Å². The smallest absolute Gasteiger partial charge is 0.126 e. The lowest BCUT2D eigenvalue weighted by Gasteiger charge is -2.24. The molecule has 12 heavy (non-hydrogen) atoms. The zero-order valence-electron chi connectivity index (χ0n) is 7.97. The molecule has 0 radical (unpaired) electrons. The number of carbonyl (C=O) groups excluding carboxylic acids is 1. The molecule has 0 heterocycles. The molecule has 68 valence electrons. The topological polar surface area (TPSA) is 40.9 Å². The summed E-state index contributed by atoms with van der Waals surface area (Å²) in [6, 6.07) is 2.09. The molecule has 2 heteroatoms. The Labute approximate surface area is 74.6 Å². The second-order valence-electron chi connectivity index (χ2n) is 3.24. The largest absolute Gasteiger partial charge is 0.303 e. The van der Waals surface area contributed by atoms with E-state index in [2.05, 4.69) is 13.0 Å². The number of nitriles is 1. The number of rotatable bonds is 6. The molecule has 0 aromatic carbocycles. The summed E-state index contributed by atoms with van der Waals surface area (Å²) < 4.78 is 0. The van der Waals surface area contributed by atoms with Gasteiger partial charge in [0.2, 0.25) is 0 Å². The van der Waals surface area contributed by atoms with Gasteiger partial charge in [-0.25, -0.2) is 0 Å². The Morgan fingerprint density at radius 3 is 2.42 bits per heavy atom. The summed E-state index contributed by atoms with van der Waals surface area (Å²) in [6.07, 6.45) is 5.02. The van der Waals surface area contributed by atoms with Crippen LogP contribution in [0, 0.1) is 16.7 Å². The van der Waals surface area contributed by atoms with Gasteiger partial charge in [-0.05, 0) is 19.3 Å². The van der Waals surface area contributed by atoms with Crippen molar-refractivity contribution in [3.05, 3.63) is 0 Å². The zero-order chi connectivity index (χ0) is 9.45. The fourth-order valence-corrected chi connectivity index (χ4v) is 1.48. The van der Waals surface area contributed by atoms with E-state index >= 15 is 0 Å². The summed E-state index contributed by atoms with van der Waals surface area (Å²) in [7, 11) is 0. The minimum absolute atomic E-state index is 0.218. The fourth-order valence-electron chi connectivity index (χ4n) is 1.48. The summed E-state index contributed by atoms with van der Waals surface area (Å²) in [5, 5.41) is 8.42. The SMILES string of the molecule is CCCC(C=O)(CC)CCC#N. The third-order valence-electron chi connectivity index (χ3n) is 2.44. The predicted molar refractivity (Wildman–Crippen MR) is 48.5 cm³/mol.